The number of halogens is 3. The van der Waals surface area contributed by atoms with Crippen molar-refractivity contribution >= 4 is 11.7 Å². The van der Waals surface area contributed by atoms with Gasteiger partial charge in [0.05, 0.1) is 11.1 Å². The first-order valence-electron chi connectivity index (χ1n) is 8.99. The maximum Gasteiger partial charge on any atom is 0.417 e. The highest BCUT2D eigenvalue weighted by molar-refractivity contribution is 5.96. The summed E-state index contributed by atoms with van der Waals surface area (Å²) in [4.78, 5) is 20.4. The summed E-state index contributed by atoms with van der Waals surface area (Å²) < 4.78 is 39.3. The van der Waals surface area contributed by atoms with Crippen molar-refractivity contribution in [2.24, 2.45) is 0 Å². The minimum atomic E-state index is -4.54. The molecule has 1 aromatic carbocycles. The highest BCUT2D eigenvalue weighted by Crippen LogP contribution is 2.32. The van der Waals surface area contributed by atoms with Crippen molar-refractivity contribution in [1.82, 2.24) is 9.88 Å². The molecule has 2 heterocycles. The lowest BCUT2D eigenvalue weighted by Gasteiger charge is -2.35. The van der Waals surface area contributed by atoms with Crippen molar-refractivity contribution < 1.29 is 18.0 Å². The predicted octanol–water partition coefficient (Wildman–Crippen LogP) is 4.40. The number of alkyl halides is 3. The zero-order chi connectivity index (χ0) is 20.0. The Morgan fingerprint density at radius 2 is 1.63 bits per heavy atom. The van der Waals surface area contributed by atoms with Gasteiger partial charge in [-0.25, -0.2) is 4.98 Å². The molecular formula is C20H24F3N3O. The van der Waals surface area contributed by atoms with Crippen LogP contribution in [0.5, 0.6) is 0 Å². The average Bonchev–Trinajstić information content (AvgIpc) is 2.69. The molecule has 1 aliphatic heterocycles. The number of hydrogen-bond donors (Lipinski definition) is 0. The fraction of sp³-hybridized carbons (Fsp3) is 0.400. The minimum Gasteiger partial charge on any atom is -0.353 e. The first-order chi connectivity index (χ1) is 12.9. The molecule has 0 saturated carbocycles. The molecule has 1 fully saturated rings. The van der Waals surface area contributed by atoms with Gasteiger partial charge in [0, 0.05) is 32.4 Å². The Morgan fingerprint density at radius 3 is 2.19 bits per heavy atom. The van der Waals surface area contributed by atoms with Gasteiger partial charge >= 0.3 is 6.18 Å². The maximum absolute atomic E-state index is 13.1. The third-order valence-electron chi connectivity index (χ3n) is 4.25. The van der Waals surface area contributed by atoms with Crippen LogP contribution in [-0.2, 0) is 6.18 Å². The van der Waals surface area contributed by atoms with Crippen LogP contribution in [0, 0.1) is 6.92 Å². The predicted molar refractivity (Wildman–Crippen MR) is 99.9 cm³/mol. The van der Waals surface area contributed by atoms with E-state index in [4.69, 9.17) is 0 Å². The van der Waals surface area contributed by atoms with Crippen LogP contribution in [0.4, 0.5) is 19.0 Å². The van der Waals surface area contributed by atoms with Gasteiger partial charge in [-0.3, -0.25) is 4.79 Å². The van der Waals surface area contributed by atoms with Crippen molar-refractivity contribution in [3.05, 3.63) is 59.3 Å². The summed E-state index contributed by atoms with van der Waals surface area (Å²) in [6.07, 6.45) is -2.77. The van der Waals surface area contributed by atoms with Gasteiger partial charge in [0.15, 0.2) is 0 Å². The van der Waals surface area contributed by atoms with E-state index in [2.05, 4.69) is 4.98 Å². The van der Waals surface area contributed by atoms with Gasteiger partial charge < -0.3 is 9.80 Å². The summed E-state index contributed by atoms with van der Waals surface area (Å²) in [5, 5.41) is 0. The number of carbonyl (C=O) groups excluding carboxylic acids is 1. The number of aromatic nitrogens is 1. The molecular weight excluding hydrogens is 355 g/mol. The van der Waals surface area contributed by atoms with E-state index in [0.29, 0.717) is 26.2 Å². The number of anilines is 1. The summed E-state index contributed by atoms with van der Waals surface area (Å²) in [6.45, 7) is 7.75. The molecule has 0 spiro atoms. The second kappa shape index (κ2) is 8.88. The number of aryl methyl sites for hydroxylation is 1. The number of piperazine rings is 1. The molecule has 0 N–H and O–H groups in total. The topological polar surface area (TPSA) is 36.4 Å². The lowest BCUT2D eigenvalue weighted by Crippen LogP contribution is -2.49. The smallest absolute Gasteiger partial charge is 0.353 e. The molecule has 2 aromatic rings. The van der Waals surface area contributed by atoms with E-state index in [9.17, 15) is 18.0 Å². The second-order valence-electron chi connectivity index (χ2n) is 6.02. The lowest BCUT2D eigenvalue weighted by atomic mass is 10.1. The van der Waals surface area contributed by atoms with Gasteiger partial charge in [-0.15, -0.1) is 0 Å². The Kier molecular flexibility index (Phi) is 6.82. The van der Waals surface area contributed by atoms with Crippen molar-refractivity contribution in [1.29, 1.82) is 0 Å². The Labute approximate surface area is 157 Å². The zero-order valence-electron chi connectivity index (χ0n) is 15.8. The molecule has 1 amide bonds. The third kappa shape index (κ3) is 4.99. The molecule has 27 heavy (non-hydrogen) atoms. The monoisotopic (exact) mass is 379 g/mol. The average molecular weight is 379 g/mol. The highest BCUT2D eigenvalue weighted by atomic mass is 19.4. The van der Waals surface area contributed by atoms with E-state index in [1.807, 2.05) is 37.8 Å². The van der Waals surface area contributed by atoms with Crippen molar-refractivity contribution in [3.63, 3.8) is 0 Å². The summed E-state index contributed by atoms with van der Waals surface area (Å²) in [7, 11) is 0. The van der Waals surface area contributed by atoms with Crippen molar-refractivity contribution in [2.45, 2.75) is 26.9 Å². The zero-order valence-corrected chi connectivity index (χ0v) is 15.8. The number of rotatable bonds is 2. The number of amides is 1. The second-order valence-corrected chi connectivity index (χ2v) is 6.02. The van der Waals surface area contributed by atoms with Crippen molar-refractivity contribution in [3.8, 4) is 0 Å². The first-order valence-corrected chi connectivity index (χ1v) is 8.99. The van der Waals surface area contributed by atoms with Crippen LogP contribution in [0.15, 0.2) is 42.6 Å². The summed E-state index contributed by atoms with van der Waals surface area (Å²) in [5.74, 6) is 0.234. The lowest BCUT2D eigenvalue weighted by molar-refractivity contribution is -0.138. The van der Waals surface area contributed by atoms with E-state index in [-0.39, 0.29) is 5.56 Å². The summed E-state index contributed by atoms with van der Waals surface area (Å²) >= 11 is 0. The van der Waals surface area contributed by atoms with Crippen LogP contribution in [0.1, 0.15) is 35.3 Å². The number of carbonyl (C=O) groups is 1. The van der Waals surface area contributed by atoms with Crippen LogP contribution in [0.3, 0.4) is 0 Å². The molecule has 1 aromatic heterocycles. The third-order valence-corrected chi connectivity index (χ3v) is 4.25. The molecule has 0 unspecified atom stereocenters. The molecule has 0 bridgehead atoms. The fourth-order valence-corrected chi connectivity index (χ4v) is 2.87. The molecule has 0 aliphatic carbocycles. The Bertz CT molecular complexity index is 752. The number of pyridine rings is 1. The molecule has 0 atom stereocenters. The maximum atomic E-state index is 13.1. The normalized spacial score (nSPS) is 14.4. The first kappa shape index (κ1) is 20.7. The highest BCUT2D eigenvalue weighted by Gasteiger charge is 2.36. The summed E-state index contributed by atoms with van der Waals surface area (Å²) in [5.41, 5.74) is -0.124. The van der Waals surface area contributed by atoms with Crippen LogP contribution < -0.4 is 4.90 Å². The van der Waals surface area contributed by atoms with E-state index < -0.39 is 17.6 Å². The standard InChI is InChI=1S/C18H18F3N3O.C2H6/c1-13-6-7-16(22-12-13)23-8-10-24(11-9-23)17(25)14-4-2-3-5-15(14)18(19,20)21;1-2/h2-7,12H,8-11H2,1H3;1-2H3. The van der Waals surface area contributed by atoms with Crippen LogP contribution in [-0.4, -0.2) is 42.0 Å². The summed E-state index contributed by atoms with van der Waals surface area (Å²) in [6, 6.07) is 8.79. The molecule has 146 valence electrons. The van der Waals surface area contributed by atoms with E-state index in [1.54, 1.807) is 6.20 Å². The van der Waals surface area contributed by atoms with Gasteiger partial charge in [-0.05, 0) is 30.7 Å². The Hall–Kier alpha value is -2.57. The van der Waals surface area contributed by atoms with Gasteiger partial charge in [0.25, 0.3) is 5.91 Å². The Balaban J connectivity index is 0.00000126. The van der Waals surface area contributed by atoms with Crippen LogP contribution in [0.2, 0.25) is 0 Å². The quantitative estimate of drug-likeness (QED) is 0.776. The van der Waals surface area contributed by atoms with Crippen LogP contribution >= 0.6 is 0 Å². The molecule has 7 heteroatoms. The molecule has 0 radical (unpaired) electrons. The van der Waals surface area contributed by atoms with Crippen LogP contribution in [0.25, 0.3) is 0 Å². The van der Waals surface area contributed by atoms with E-state index >= 15 is 0 Å². The molecule has 4 nitrogen and oxygen atoms in total. The van der Waals surface area contributed by atoms with Gasteiger partial charge in [0.2, 0.25) is 0 Å². The van der Waals surface area contributed by atoms with Gasteiger partial charge in [-0.2, -0.15) is 13.2 Å². The minimum absolute atomic E-state index is 0.295. The van der Waals surface area contributed by atoms with Gasteiger partial charge in [0.1, 0.15) is 5.82 Å². The van der Waals surface area contributed by atoms with Gasteiger partial charge in [-0.1, -0.05) is 32.0 Å². The molecule has 1 aliphatic rings. The molecule has 3 rings (SSSR count). The fourth-order valence-electron chi connectivity index (χ4n) is 2.87. The van der Waals surface area contributed by atoms with E-state index in [1.165, 1.54) is 23.1 Å². The Morgan fingerprint density at radius 1 is 1.00 bits per heavy atom. The van der Waals surface area contributed by atoms with E-state index in [0.717, 1.165) is 17.4 Å². The SMILES string of the molecule is CC.Cc1ccc(N2CCN(C(=O)c3ccccc3C(F)(F)F)CC2)nc1. The number of benzene rings is 1. The van der Waals surface area contributed by atoms with Crippen molar-refractivity contribution in [2.75, 3.05) is 31.1 Å². The number of hydrogen-bond acceptors (Lipinski definition) is 3. The largest absolute Gasteiger partial charge is 0.417 e. The molecule has 1 saturated heterocycles. The number of nitrogens with zero attached hydrogens (tertiary/aromatic N) is 3.